The number of hydrogen-bond donors (Lipinski definition) is 0. The molecule has 12 heteroatoms. The molecule has 0 radical (unpaired) electrons. The Morgan fingerprint density at radius 2 is 1.58 bits per heavy atom. The van der Waals surface area contributed by atoms with E-state index in [1.54, 1.807) is 0 Å². The number of piperidine rings is 1. The monoisotopic (exact) mass is 449 g/mol. The summed E-state index contributed by atoms with van der Waals surface area (Å²) < 4.78 is 88.9. The van der Waals surface area contributed by atoms with E-state index >= 15 is 0 Å². The molecule has 1 atom stereocenters. The van der Waals surface area contributed by atoms with Gasteiger partial charge in [-0.2, -0.15) is 26.3 Å². The van der Waals surface area contributed by atoms with Gasteiger partial charge in [0.1, 0.15) is 6.10 Å². The molecule has 1 fully saturated rings. The van der Waals surface area contributed by atoms with E-state index in [1.165, 1.54) is 24.1 Å². The van der Waals surface area contributed by atoms with Crippen LogP contribution in [-0.4, -0.2) is 47.3 Å². The van der Waals surface area contributed by atoms with Crippen molar-refractivity contribution in [2.24, 2.45) is 0 Å². The molecule has 1 amide bonds. The zero-order valence-corrected chi connectivity index (χ0v) is 16.1. The van der Waals surface area contributed by atoms with Crippen LogP contribution in [0.1, 0.15) is 34.3 Å². The Labute approximate surface area is 172 Å². The minimum Gasteiger partial charge on any atom is -0.480 e. The van der Waals surface area contributed by atoms with Crippen LogP contribution >= 0.6 is 0 Å². The third-order valence-corrected chi connectivity index (χ3v) is 4.61. The number of hydrogen-bond acceptors (Lipinski definition) is 5. The third kappa shape index (κ3) is 5.56. The highest BCUT2D eigenvalue weighted by Gasteiger charge is 2.38. The fourth-order valence-corrected chi connectivity index (χ4v) is 3.13. The predicted octanol–water partition coefficient (Wildman–Crippen LogP) is 4.21. The maximum absolute atomic E-state index is 13.1. The second-order valence-electron chi connectivity index (χ2n) is 6.84. The Balaban J connectivity index is 1.79. The zero-order chi connectivity index (χ0) is 22.8. The van der Waals surface area contributed by atoms with E-state index in [1.807, 2.05) is 0 Å². The maximum Gasteiger partial charge on any atom is 0.416 e. The lowest BCUT2D eigenvalue weighted by atomic mass is 10.0. The number of nitrogens with zero attached hydrogens (tertiary/aromatic N) is 3. The van der Waals surface area contributed by atoms with Crippen molar-refractivity contribution in [3.8, 4) is 11.8 Å². The molecule has 0 aliphatic carbocycles. The highest BCUT2D eigenvalue weighted by Crippen LogP contribution is 2.36. The van der Waals surface area contributed by atoms with Gasteiger partial charge in [-0.05, 0) is 31.0 Å². The lowest BCUT2D eigenvalue weighted by molar-refractivity contribution is -0.143. The number of benzene rings is 1. The van der Waals surface area contributed by atoms with Crippen LogP contribution in [0, 0.1) is 0 Å². The lowest BCUT2D eigenvalue weighted by Gasteiger charge is -2.32. The first-order valence-corrected chi connectivity index (χ1v) is 9.10. The second-order valence-corrected chi connectivity index (χ2v) is 6.84. The van der Waals surface area contributed by atoms with Crippen LogP contribution in [0.2, 0.25) is 0 Å². The van der Waals surface area contributed by atoms with Crippen molar-refractivity contribution in [2.75, 3.05) is 20.2 Å². The van der Waals surface area contributed by atoms with Crippen molar-refractivity contribution in [3.05, 3.63) is 47.0 Å². The van der Waals surface area contributed by atoms with Crippen LogP contribution in [0.5, 0.6) is 11.8 Å². The fraction of sp³-hybridized carbons (Fsp3) is 0.421. The van der Waals surface area contributed by atoms with E-state index in [2.05, 4.69) is 10.2 Å². The van der Waals surface area contributed by atoms with E-state index in [9.17, 15) is 31.1 Å². The third-order valence-electron chi connectivity index (χ3n) is 4.61. The van der Waals surface area contributed by atoms with Gasteiger partial charge in [-0.15, -0.1) is 10.2 Å². The van der Waals surface area contributed by atoms with Crippen LogP contribution in [0.25, 0.3) is 0 Å². The summed E-state index contributed by atoms with van der Waals surface area (Å²) in [5, 5.41) is 7.54. The summed E-state index contributed by atoms with van der Waals surface area (Å²) in [6.45, 7) is 0.148. The normalized spacial score (nSPS) is 17.4. The number of ether oxygens (including phenoxy) is 2. The van der Waals surface area contributed by atoms with Gasteiger partial charge in [0, 0.05) is 24.2 Å². The smallest absolute Gasteiger partial charge is 0.416 e. The molecule has 1 unspecified atom stereocenters. The van der Waals surface area contributed by atoms with Gasteiger partial charge in [0.15, 0.2) is 0 Å². The van der Waals surface area contributed by atoms with Gasteiger partial charge in [0.05, 0.1) is 24.8 Å². The van der Waals surface area contributed by atoms with Crippen molar-refractivity contribution in [2.45, 2.75) is 31.3 Å². The molecule has 168 valence electrons. The molecule has 2 aromatic rings. The van der Waals surface area contributed by atoms with Gasteiger partial charge in [-0.3, -0.25) is 4.79 Å². The van der Waals surface area contributed by atoms with Gasteiger partial charge in [-0.1, -0.05) is 0 Å². The number of rotatable bonds is 4. The van der Waals surface area contributed by atoms with Crippen LogP contribution in [0.4, 0.5) is 26.3 Å². The Bertz CT molecular complexity index is 899. The minimum absolute atomic E-state index is 0.0127. The van der Waals surface area contributed by atoms with E-state index in [0.29, 0.717) is 25.0 Å². The SMILES string of the molecule is COc1ccc(OC2CCCN(C(=O)c3cc(C(F)(F)F)cc(C(F)(F)F)c3)C2)nn1. The number of amides is 1. The Hall–Kier alpha value is -3.05. The molecule has 6 nitrogen and oxygen atoms in total. The molecule has 1 aromatic heterocycles. The standard InChI is InChI=1S/C19H17F6N3O3/c1-30-15-4-5-16(27-26-15)31-14-3-2-6-28(10-14)17(29)11-7-12(18(20,21)22)9-13(8-11)19(23,24)25/h4-5,7-9,14H,2-3,6,10H2,1H3. The highest BCUT2D eigenvalue weighted by atomic mass is 19.4. The number of halogens is 6. The average molecular weight is 449 g/mol. The molecule has 1 aliphatic heterocycles. The average Bonchev–Trinajstić information content (AvgIpc) is 2.72. The van der Waals surface area contributed by atoms with Crippen LogP contribution in [0.15, 0.2) is 30.3 Å². The highest BCUT2D eigenvalue weighted by molar-refractivity contribution is 5.94. The summed E-state index contributed by atoms with van der Waals surface area (Å²) in [4.78, 5) is 13.9. The van der Waals surface area contributed by atoms with Crippen molar-refractivity contribution in [1.29, 1.82) is 0 Å². The quantitative estimate of drug-likeness (QED) is 0.655. The summed E-state index contributed by atoms with van der Waals surface area (Å²) in [5.74, 6) is -0.526. The minimum atomic E-state index is -5.03. The Morgan fingerprint density at radius 3 is 2.10 bits per heavy atom. The van der Waals surface area contributed by atoms with Crippen molar-refractivity contribution in [1.82, 2.24) is 15.1 Å². The molecule has 1 saturated heterocycles. The van der Waals surface area contributed by atoms with Crippen molar-refractivity contribution < 1.29 is 40.6 Å². The topological polar surface area (TPSA) is 64.6 Å². The number of carbonyl (C=O) groups is 1. The first-order valence-electron chi connectivity index (χ1n) is 9.10. The Kier molecular flexibility index (Phi) is 6.27. The molecule has 3 rings (SSSR count). The molecule has 1 aliphatic rings. The van der Waals surface area contributed by atoms with Gasteiger partial charge in [0.2, 0.25) is 11.8 Å². The Morgan fingerprint density at radius 1 is 1.00 bits per heavy atom. The summed E-state index contributed by atoms with van der Waals surface area (Å²) in [5.41, 5.74) is -3.76. The van der Waals surface area contributed by atoms with Gasteiger partial charge in [-0.25, -0.2) is 0 Å². The number of aromatic nitrogens is 2. The van der Waals surface area contributed by atoms with Crippen molar-refractivity contribution in [3.63, 3.8) is 0 Å². The summed E-state index contributed by atoms with van der Waals surface area (Å²) in [7, 11) is 1.41. The van der Waals surface area contributed by atoms with E-state index < -0.39 is 41.1 Å². The van der Waals surface area contributed by atoms with Crippen LogP contribution in [0.3, 0.4) is 0 Å². The van der Waals surface area contributed by atoms with Crippen molar-refractivity contribution >= 4 is 5.91 Å². The number of alkyl halides is 6. The molecular weight excluding hydrogens is 432 g/mol. The van der Waals surface area contributed by atoms with Gasteiger partial charge in [0.25, 0.3) is 5.91 Å². The first kappa shape index (κ1) is 22.6. The first-order chi connectivity index (χ1) is 14.5. The van der Waals surface area contributed by atoms with E-state index in [-0.39, 0.29) is 30.9 Å². The lowest BCUT2D eigenvalue weighted by Crippen LogP contribution is -2.44. The molecule has 1 aromatic carbocycles. The fourth-order valence-electron chi connectivity index (χ4n) is 3.13. The molecule has 0 N–H and O–H groups in total. The number of carbonyl (C=O) groups excluding carboxylic acids is 1. The van der Waals surface area contributed by atoms with Crippen LogP contribution < -0.4 is 9.47 Å². The predicted molar refractivity (Wildman–Crippen MR) is 94.6 cm³/mol. The summed E-state index contributed by atoms with van der Waals surface area (Å²) >= 11 is 0. The summed E-state index contributed by atoms with van der Waals surface area (Å²) in [6.07, 6.45) is -9.64. The molecule has 0 bridgehead atoms. The second kappa shape index (κ2) is 8.60. The molecular formula is C19H17F6N3O3. The zero-order valence-electron chi connectivity index (χ0n) is 16.1. The molecule has 2 heterocycles. The molecule has 0 spiro atoms. The number of likely N-dealkylation sites (tertiary alicyclic amines) is 1. The van der Waals surface area contributed by atoms with E-state index in [4.69, 9.17) is 9.47 Å². The molecule has 31 heavy (non-hydrogen) atoms. The van der Waals surface area contributed by atoms with E-state index in [0.717, 1.165) is 0 Å². The molecule has 0 saturated carbocycles. The van der Waals surface area contributed by atoms with Gasteiger partial charge >= 0.3 is 12.4 Å². The maximum atomic E-state index is 13.1. The summed E-state index contributed by atoms with van der Waals surface area (Å²) in [6, 6.07) is 3.85. The number of methoxy groups -OCH3 is 1. The van der Waals surface area contributed by atoms with Gasteiger partial charge < -0.3 is 14.4 Å². The largest absolute Gasteiger partial charge is 0.480 e. The van der Waals surface area contributed by atoms with Crippen LogP contribution in [-0.2, 0) is 12.4 Å².